The van der Waals surface area contributed by atoms with E-state index >= 15 is 0 Å². The number of hydrogen-bond acceptors (Lipinski definition) is 9. The molecule has 1 aliphatic rings. The summed E-state index contributed by atoms with van der Waals surface area (Å²) in [6.07, 6.45) is 1.57. The minimum Gasteiger partial charge on any atom is -0.508 e. The van der Waals surface area contributed by atoms with Gasteiger partial charge in [-0.2, -0.15) is 0 Å². The van der Waals surface area contributed by atoms with Crippen LogP contribution in [0.1, 0.15) is 57.9 Å². The highest BCUT2D eigenvalue weighted by atomic mass is 16.4. The van der Waals surface area contributed by atoms with E-state index in [1.807, 2.05) is 0 Å². The number of phenols is 1. The predicted octanol–water partition coefficient (Wildman–Crippen LogP) is -2.31. The molecule has 13 N–H and O–H groups in total. The summed E-state index contributed by atoms with van der Waals surface area (Å²) in [4.78, 5) is 80.6. The van der Waals surface area contributed by atoms with Crippen LogP contribution in [0.2, 0.25) is 0 Å². The number of nitrogens with zero attached hydrogens (tertiary/aromatic N) is 1. The maximum Gasteiger partial charge on any atom is 0.326 e. The van der Waals surface area contributed by atoms with Crippen molar-refractivity contribution < 1.29 is 39.0 Å². The van der Waals surface area contributed by atoms with Crippen LogP contribution in [0.3, 0.4) is 0 Å². The lowest BCUT2D eigenvalue weighted by Gasteiger charge is -2.29. The molecule has 5 amide bonds. The van der Waals surface area contributed by atoms with Crippen LogP contribution in [0.15, 0.2) is 29.3 Å². The lowest BCUT2D eigenvalue weighted by molar-refractivity contribution is -0.143. The zero-order valence-corrected chi connectivity index (χ0v) is 26.7. The van der Waals surface area contributed by atoms with E-state index in [1.54, 1.807) is 13.8 Å². The summed E-state index contributed by atoms with van der Waals surface area (Å²) in [7, 11) is 0. The quantitative estimate of drug-likeness (QED) is 0.0427. The number of aliphatic imine (C=N–C) groups is 1. The fraction of sp³-hybridized carbons (Fsp3) is 0.567. The van der Waals surface area contributed by atoms with Crippen molar-refractivity contribution in [2.45, 2.75) is 89.0 Å². The summed E-state index contributed by atoms with van der Waals surface area (Å²) in [5, 5.41) is 32.6. The predicted molar refractivity (Wildman–Crippen MR) is 171 cm³/mol. The molecular weight excluding hydrogens is 614 g/mol. The smallest absolute Gasteiger partial charge is 0.326 e. The van der Waals surface area contributed by atoms with E-state index in [0.29, 0.717) is 31.4 Å². The zero-order chi connectivity index (χ0) is 35.1. The van der Waals surface area contributed by atoms with Gasteiger partial charge in [0, 0.05) is 13.0 Å². The number of aliphatic carboxylic acids is 1. The molecule has 260 valence electrons. The molecule has 17 nitrogen and oxygen atoms in total. The molecule has 47 heavy (non-hydrogen) atoms. The minimum atomic E-state index is -1.65. The number of rotatable bonds is 19. The van der Waals surface area contributed by atoms with E-state index in [2.05, 4.69) is 31.6 Å². The molecule has 0 bridgehead atoms. The van der Waals surface area contributed by atoms with E-state index < -0.39 is 72.1 Å². The van der Waals surface area contributed by atoms with Crippen LogP contribution in [0.4, 0.5) is 0 Å². The van der Waals surface area contributed by atoms with Crippen LogP contribution in [0.25, 0.3) is 0 Å². The average Bonchev–Trinajstić information content (AvgIpc) is 3.56. The van der Waals surface area contributed by atoms with Gasteiger partial charge in [0.2, 0.25) is 29.5 Å². The van der Waals surface area contributed by atoms with Gasteiger partial charge in [-0.25, -0.2) is 4.79 Å². The number of nitrogens with one attached hydrogen (secondary N) is 5. The maximum absolute atomic E-state index is 13.7. The highest BCUT2D eigenvalue weighted by molar-refractivity contribution is 5.96. The van der Waals surface area contributed by atoms with Crippen LogP contribution in [0.5, 0.6) is 5.75 Å². The molecule has 1 heterocycles. The molecule has 17 heteroatoms. The van der Waals surface area contributed by atoms with E-state index in [1.165, 1.54) is 24.3 Å². The van der Waals surface area contributed by atoms with Crippen LogP contribution in [-0.4, -0.2) is 95.0 Å². The molecule has 0 unspecified atom stereocenters. The Labute approximate surface area is 272 Å². The van der Waals surface area contributed by atoms with Gasteiger partial charge in [0.25, 0.3) is 0 Å². The normalized spacial score (nSPS) is 17.2. The molecule has 0 aliphatic carbocycles. The third-order valence-electron chi connectivity index (χ3n) is 7.78. The Balaban J connectivity index is 2.30. The molecule has 1 saturated heterocycles. The third-order valence-corrected chi connectivity index (χ3v) is 7.78. The van der Waals surface area contributed by atoms with Gasteiger partial charge in [-0.15, -0.1) is 0 Å². The number of benzene rings is 1. The Hall–Kier alpha value is -4.93. The van der Waals surface area contributed by atoms with Crippen molar-refractivity contribution in [2.75, 3.05) is 13.1 Å². The number of hydrogen-bond donors (Lipinski definition) is 10. The largest absolute Gasteiger partial charge is 0.508 e. The molecule has 1 aromatic rings. The summed E-state index contributed by atoms with van der Waals surface area (Å²) in [5.74, 6) is -5.69. The van der Waals surface area contributed by atoms with Crippen LogP contribution < -0.4 is 43.8 Å². The van der Waals surface area contributed by atoms with Gasteiger partial charge in [0.15, 0.2) is 5.96 Å². The third kappa shape index (κ3) is 13.1. The van der Waals surface area contributed by atoms with Crippen LogP contribution >= 0.6 is 0 Å². The highest BCUT2D eigenvalue weighted by Crippen LogP contribution is 2.14. The summed E-state index contributed by atoms with van der Waals surface area (Å²) < 4.78 is 0. The van der Waals surface area contributed by atoms with Crippen LogP contribution in [-0.2, 0) is 35.2 Å². The second kappa shape index (κ2) is 18.9. The maximum atomic E-state index is 13.7. The van der Waals surface area contributed by atoms with Crippen molar-refractivity contribution in [1.29, 1.82) is 0 Å². The zero-order valence-electron chi connectivity index (χ0n) is 26.7. The summed E-state index contributed by atoms with van der Waals surface area (Å²) >= 11 is 0. The minimum absolute atomic E-state index is 0.0330. The van der Waals surface area contributed by atoms with E-state index in [9.17, 15) is 39.0 Å². The molecule has 2 rings (SSSR count). The number of amides is 5. The van der Waals surface area contributed by atoms with Gasteiger partial charge in [0.05, 0.1) is 12.5 Å². The lowest BCUT2D eigenvalue weighted by atomic mass is 9.96. The lowest BCUT2D eigenvalue weighted by Crippen LogP contribution is -2.60. The molecule has 1 fully saturated rings. The number of phenolic OH excluding ortho intramolecular Hbond substituents is 1. The van der Waals surface area contributed by atoms with Gasteiger partial charge < -0.3 is 54.0 Å². The Morgan fingerprint density at radius 2 is 1.57 bits per heavy atom. The first kappa shape index (κ1) is 38.3. The van der Waals surface area contributed by atoms with Crippen LogP contribution in [0, 0.1) is 5.92 Å². The standard InChI is InChI=1S/C30H47N9O8/c1-3-16(2)24(39-26(43)20(7-5-13-35-30(32)33)36-25(42)19-6-4-12-34-19)28(45)37-21(14-17-8-10-18(40)11-9-17)27(44)38-22(29(46)47)15-23(31)41/h8-11,16,19-22,24,34,40H,3-7,12-15H2,1-2H3,(H2,31,41)(H,36,42)(H,37,45)(H,38,44)(H,39,43)(H,46,47)(H4,32,33,35)/t16-,19-,20-,21-,22-,24-/m0/s1. The van der Waals surface area contributed by atoms with E-state index in [0.717, 1.165) is 6.42 Å². The molecule has 6 atom stereocenters. The molecule has 0 aromatic heterocycles. The Morgan fingerprint density at radius 1 is 0.936 bits per heavy atom. The Bertz CT molecular complexity index is 1280. The monoisotopic (exact) mass is 661 g/mol. The number of nitrogens with two attached hydrogens (primary N) is 3. The fourth-order valence-corrected chi connectivity index (χ4v) is 4.92. The fourth-order valence-electron chi connectivity index (χ4n) is 4.92. The van der Waals surface area contributed by atoms with Crippen molar-refractivity contribution in [3.63, 3.8) is 0 Å². The van der Waals surface area contributed by atoms with Gasteiger partial charge in [-0.3, -0.25) is 29.0 Å². The topological polar surface area (TPSA) is 293 Å². The highest BCUT2D eigenvalue weighted by Gasteiger charge is 2.34. The first-order valence-corrected chi connectivity index (χ1v) is 15.5. The first-order chi connectivity index (χ1) is 22.2. The van der Waals surface area contributed by atoms with Gasteiger partial charge in [-0.1, -0.05) is 32.4 Å². The Kier molecular flexibility index (Phi) is 15.4. The number of carbonyl (C=O) groups excluding carboxylic acids is 5. The summed E-state index contributed by atoms with van der Waals surface area (Å²) in [5.41, 5.74) is 16.4. The van der Waals surface area contributed by atoms with Crippen molar-refractivity contribution in [1.82, 2.24) is 26.6 Å². The van der Waals surface area contributed by atoms with Gasteiger partial charge >= 0.3 is 5.97 Å². The van der Waals surface area contributed by atoms with Crippen molar-refractivity contribution >= 4 is 41.5 Å². The van der Waals surface area contributed by atoms with Crippen molar-refractivity contribution in [3.8, 4) is 5.75 Å². The number of carboxylic acid groups (broad SMARTS) is 1. The van der Waals surface area contributed by atoms with E-state index in [4.69, 9.17) is 17.2 Å². The van der Waals surface area contributed by atoms with E-state index in [-0.39, 0.29) is 37.0 Å². The van der Waals surface area contributed by atoms with Crippen molar-refractivity contribution in [3.05, 3.63) is 29.8 Å². The second-order valence-electron chi connectivity index (χ2n) is 11.5. The van der Waals surface area contributed by atoms with Gasteiger partial charge in [0.1, 0.15) is 29.9 Å². The summed E-state index contributed by atoms with van der Waals surface area (Å²) in [6.45, 7) is 4.41. The molecule has 0 spiro atoms. The number of primary amides is 1. The number of carbonyl (C=O) groups is 6. The number of aromatic hydroxyl groups is 1. The Morgan fingerprint density at radius 3 is 2.13 bits per heavy atom. The first-order valence-electron chi connectivity index (χ1n) is 15.5. The van der Waals surface area contributed by atoms with Crippen molar-refractivity contribution in [2.24, 2.45) is 28.1 Å². The number of guanidine groups is 1. The van der Waals surface area contributed by atoms with Gasteiger partial charge in [-0.05, 0) is 55.8 Å². The molecule has 1 aliphatic heterocycles. The number of carboxylic acids is 1. The summed E-state index contributed by atoms with van der Waals surface area (Å²) in [6, 6.07) is 0.139. The SMILES string of the molecule is CC[C@H](C)[C@H](NC(=O)[C@H](CCCN=C(N)N)NC(=O)[C@@H]1CCCN1)C(=O)N[C@@H](Cc1ccc(O)cc1)C(=O)N[C@@H](CC(N)=O)C(=O)O. The molecular formula is C30H47N9O8. The second-order valence-corrected chi connectivity index (χ2v) is 11.5. The molecule has 1 aromatic carbocycles. The molecule has 0 saturated carbocycles. The molecule has 0 radical (unpaired) electrons. The average molecular weight is 662 g/mol.